The van der Waals surface area contributed by atoms with E-state index < -0.39 is 15.6 Å². The van der Waals surface area contributed by atoms with Gasteiger partial charge in [-0.15, -0.1) is 0 Å². The second-order valence-corrected chi connectivity index (χ2v) is 8.12. The molecule has 1 aliphatic heterocycles. The van der Waals surface area contributed by atoms with E-state index in [2.05, 4.69) is 0 Å². The number of sulfone groups is 1. The maximum absolute atomic E-state index is 12.1. The molecule has 1 saturated heterocycles. The summed E-state index contributed by atoms with van der Waals surface area (Å²) in [6, 6.07) is 3.44. The van der Waals surface area contributed by atoms with Crippen LogP contribution in [0, 0.1) is 0 Å². The number of furan rings is 1. The van der Waals surface area contributed by atoms with E-state index >= 15 is 0 Å². The van der Waals surface area contributed by atoms with Crippen LogP contribution in [0.15, 0.2) is 16.5 Å². The lowest BCUT2D eigenvalue weighted by Crippen LogP contribution is -2.31. The number of halogens is 2. The van der Waals surface area contributed by atoms with Gasteiger partial charge < -0.3 is 4.42 Å². The molecule has 0 N–H and O–H groups in total. The molecule has 2 rings (SSSR count). The molecule has 1 aromatic heterocycles. The monoisotopic (exact) mass is 325 g/mol. The Morgan fingerprint density at radius 3 is 2.75 bits per heavy atom. The van der Waals surface area contributed by atoms with Gasteiger partial charge in [-0.3, -0.25) is 4.90 Å². The molecule has 1 unspecified atom stereocenters. The van der Waals surface area contributed by atoms with Crippen molar-refractivity contribution in [3.63, 3.8) is 0 Å². The number of thioether (sulfide) groups is 1. The molecule has 8 heteroatoms. The molecule has 1 aliphatic rings. The fourth-order valence-electron chi connectivity index (χ4n) is 2.23. The Labute approximate surface area is 121 Å². The van der Waals surface area contributed by atoms with Crippen LogP contribution < -0.4 is 0 Å². The lowest BCUT2D eigenvalue weighted by atomic mass is 10.2. The summed E-state index contributed by atoms with van der Waals surface area (Å²) in [6.45, 7) is 0.486. The van der Waals surface area contributed by atoms with E-state index in [1.165, 1.54) is 0 Å². The van der Waals surface area contributed by atoms with Gasteiger partial charge in [-0.25, -0.2) is 8.42 Å². The zero-order valence-electron chi connectivity index (χ0n) is 11.1. The maximum Gasteiger partial charge on any atom is 0.284 e. The number of alkyl halides is 2. The van der Waals surface area contributed by atoms with Gasteiger partial charge in [-0.05, 0) is 25.6 Å². The van der Waals surface area contributed by atoms with Gasteiger partial charge >= 0.3 is 0 Å². The van der Waals surface area contributed by atoms with Crippen molar-refractivity contribution in [3.8, 4) is 0 Å². The molecular weight excluding hydrogens is 308 g/mol. The minimum atomic E-state index is -2.90. The summed E-state index contributed by atoms with van der Waals surface area (Å²) >= 11 is 0.522. The number of rotatable bonds is 6. The fraction of sp³-hybridized carbons (Fsp3) is 0.667. The number of hydrogen-bond donors (Lipinski definition) is 0. The topological polar surface area (TPSA) is 50.5 Å². The second-order valence-electron chi connectivity index (χ2n) is 4.91. The van der Waals surface area contributed by atoms with Crippen LogP contribution in [0.3, 0.4) is 0 Å². The molecule has 114 valence electrons. The van der Waals surface area contributed by atoms with Crippen molar-refractivity contribution in [2.24, 2.45) is 0 Å². The lowest BCUT2D eigenvalue weighted by Gasteiger charge is -2.21. The Bertz CT molecular complexity index is 545. The van der Waals surface area contributed by atoms with Gasteiger partial charge in [0.1, 0.15) is 11.5 Å². The predicted octanol–water partition coefficient (Wildman–Crippen LogP) is 2.35. The first-order valence-electron chi connectivity index (χ1n) is 6.24. The van der Waals surface area contributed by atoms with E-state index in [1.54, 1.807) is 12.1 Å². The predicted molar refractivity (Wildman–Crippen MR) is 74.5 cm³/mol. The van der Waals surface area contributed by atoms with Crippen LogP contribution >= 0.6 is 11.8 Å². The Morgan fingerprint density at radius 2 is 2.15 bits per heavy atom. The molecule has 2 heterocycles. The maximum atomic E-state index is 12.1. The molecule has 0 amide bonds. The van der Waals surface area contributed by atoms with Gasteiger partial charge in [-0.1, -0.05) is 11.8 Å². The minimum absolute atomic E-state index is 0.00369. The van der Waals surface area contributed by atoms with Gasteiger partial charge in [0.25, 0.3) is 5.76 Å². The average Bonchev–Trinajstić information content (AvgIpc) is 2.93. The molecule has 20 heavy (non-hydrogen) atoms. The Kier molecular flexibility index (Phi) is 5.09. The second kappa shape index (κ2) is 6.44. The van der Waals surface area contributed by atoms with Gasteiger partial charge in [0, 0.05) is 6.04 Å². The van der Waals surface area contributed by atoms with E-state index in [9.17, 15) is 17.2 Å². The van der Waals surface area contributed by atoms with Crippen molar-refractivity contribution in [1.29, 1.82) is 0 Å². The minimum Gasteiger partial charge on any atom is -0.464 e. The highest BCUT2D eigenvalue weighted by Crippen LogP contribution is 2.23. The van der Waals surface area contributed by atoms with Crippen molar-refractivity contribution in [1.82, 2.24) is 4.90 Å². The Morgan fingerprint density at radius 1 is 1.45 bits per heavy atom. The Balaban J connectivity index is 1.87. The van der Waals surface area contributed by atoms with Gasteiger partial charge in [0.05, 0.1) is 23.8 Å². The van der Waals surface area contributed by atoms with Gasteiger partial charge in [0.2, 0.25) is 0 Å². The van der Waals surface area contributed by atoms with Crippen LogP contribution in [0.4, 0.5) is 8.78 Å². The molecule has 0 aromatic carbocycles. The van der Waals surface area contributed by atoms with Crippen LogP contribution in [0.25, 0.3) is 0 Å². The third-order valence-electron chi connectivity index (χ3n) is 3.31. The summed E-state index contributed by atoms with van der Waals surface area (Å²) in [5, 5.41) is 0. The van der Waals surface area contributed by atoms with E-state index in [-0.39, 0.29) is 23.3 Å². The van der Waals surface area contributed by atoms with Crippen molar-refractivity contribution in [2.75, 3.05) is 18.6 Å². The summed E-state index contributed by atoms with van der Waals surface area (Å²) in [4.78, 5) is 1.94. The van der Waals surface area contributed by atoms with E-state index in [1.807, 2.05) is 11.9 Å². The van der Waals surface area contributed by atoms with Crippen LogP contribution in [0.2, 0.25) is 0 Å². The molecule has 0 aliphatic carbocycles. The van der Waals surface area contributed by atoms with E-state index in [0.29, 0.717) is 36.2 Å². The first-order chi connectivity index (χ1) is 9.35. The van der Waals surface area contributed by atoms with Crippen molar-refractivity contribution in [3.05, 3.63) is 23.7 Å². The summed E-state index contributed by atoms with van der Waals surface area (Å²) in [5.74, 6) is -0.678. The van der Waals surface area contributed by atoms with Crippen LogP contribution in [-0.2, 0) is 22.1 Å². The van der Waals surface area contributed by atoms with E-state index in [4.69, 9.17) is 4.42 Å². The average molecular weight is 325 g/mol. The Hall–Kier alpha value is -0.600. The largest absolute Gasteiger partial charge is 0.464 e. The molecule has 0 bridgehead atoms. The summed E-state index contributed by atoms with van der Waals surface area (Å²) in [7, 11) is -1.06. The molecule has 4 nitrogen and oxygen atoms in total. The molecular formula is C12H17F2NO3S2. The third-order valence-corrected chi connectivity index (χ3v) is 5.76. The molecule has 1 aromatic rings. The lowest BCUT2D eigenvalue weighted by molar-refractivity contribution is 0.232. The summed E-state index contributed by atoms with van der Waals surface area (Å²) < 4.78 is 52.5. The van der Waals surface area contributed by atoms with Crippen LogP contribution in [0.5, 0.6) is 0 Å². The first kappa shape index (κ1) is 15.8. The van der Waals surface area contributed by atoms with Crippen LogP contribution in [-0.4, -0.2) is 43.7 Å². The quantitative estimate of drug-likeness (QED) is 0.803. The fourth-order valence-corrected chi connectivity index (χ4v) is 4.48. The standard InChI is InChI=1S/C12H17F2NO3S2/c1-15(9-4-5-20(16,17)8-9)6-10-2-3-11(18-10)7-19-12(13)14/h2-3,9,12H,4-8H2,1H3. The van der Waals surface area contributed by atoms with E-state index in [0.717, 1.165) is 0 Å². The van der Waals surface area contributed by atoms with Gasteiger partial charge in [-0.2, -0.15) is 8.78 Å². The van der Waals surface area contributed by atoms with Crippen molar-refractivity contribution in [2.45, 2.75) is 30.5 Å². The van der Waals surface area contributed by atoms with Crippen molar-refractivity contribution >= 4 is 21.6 Å². The number of hydrogen-bond acceptors (Lipinski definition) is 5. The molecule has 0 radical (unpaired) electrons. The van der Waals surface area contributed by atoms with Crippen molar-refractivity contribution < 1.29 is 21.6 Å². The van der Waals surface area contributed by atoms with Crippen LogP contribution in [0.1, 0.15) is 17.9 Å². The SMILES string of the molecule is CN(Cc1ccc(CSC(F)F)o1)C1CCS(=O)(=O)C1. The zero-order valence-corrected chi connectivity index (χ0v) is 12.7. The summed E-state index contributed by atoms with van der Waals surface area (Å²) in [5.41, 5.74) is 0. The highest BCUT2D eigenvalue weighted by atomic mass is 32.2. The highest BCUT2D eigenvalue weighted by molar-refractivity contribution is 7.98. The third kappa shape index (κ3) is 4.46. The number of nitrogens with zero attached hydrogens (tertiary/aromatic N) is 1. The highest BCUT2D eigenvalue weighted by Gasteiger charge is 2.30. The van der Waals surface area contributed by atoms with Gasteiger partial charge in [0.15, 0.2) is 9.84 Å². The normalized spacial score (nSPS) is 21.9. The first-order valence-corrected chi connectivity index (χ1v) is 9.11. The zero-order chi connectivity index (χ0) is 14.8. The molecule has 0 saturated carbocycles. The summed E-state index contributed by atoms with van der Waals surface area (Å²) in [6.07, 6.45) is 0.633. The molecule has 1 fully saturated rings. The smallest absolute Gasteiger partial charge is 0.284 e. The molecule has 0 spiro atoms. The molecule has 1 atom stereocenters.